The third kappa shape index (κ3) is 2.91. The molecule has 0 bridgehead atoms. The first-order valence-electron chi connectivity index (χ1n) is 9.25. The molecular weight excluding hydrogens is 346 g/mol. The summed E-state index contributed by atoms with van der Waals surface area (Å²) in [5.41, 5.74) is 7.63. The predicted molar refractivity (Wildman–Crippen MR) is 104 cm³/mol. The Hall–Kier alpha value is -1.92. The minimum absolute atomic E-state index is 0.0324. The Labute approximate surface area is 158 Å². The maximum atomic E-state index is 13.4. The molecule has 1 aliphatic carbocycles. The topological polar surface area (TPSA) is 68.5 Å². The lowest BCUT2D eigenvalue weighted by Crippen LogP contribution is -2.43. The Kier molecular flexibility index (Phi) is 4.71. The zero-order valence-electron chi connectivity index (χ0n) is 15.3. The summed E-state index contributed by atoms with van der Waals surface area (Å²) in [7, 11) is 1.65. The summed E-state index contributed by atoms with van der Waals surface area (Å²) < 4.78 is 5.24. The highest BCUT2D eigenvalue weighted by molar-refractivity contribution is 7.15. The first-order valence-corrected chi connectivity index (χ1v) is 10.1. The van der Waals surface area contributed by atoms with E-state index < -0.39 is 0 Å². The molecule has 138 valence electrons. The Morgan fingerprint density at radius 2 is 2.12 bits per heavy atom. The number of carbonyl (C=O) groups excluding carboxylic acids is 1. The first kappa shape index (κ1) is 17.5. The van der Waals surface area contributed by atoms with E-state index in [0.717, 1.165) is 27.7 Å². The molecule has 3 atom stereocenters. The third-order valence-corrected chi connectivity index (χ3v) is 6.85. The fourth-order valence-corrected chi connectivity index (χ4v) is 5.52. The van der Waals surface area contributed by atoms with Crippen molar-refractivity contribution in [3.05, 3.63) is 35.0 Å². The molecule has 2 N–H and O–H groups in total. The number of likely N-dealkylation sites (tertiary alicyclic amines) is 1. The third-order valence-electron chi connectivity index (χ3n) is 5.83. The second kappa shape index (κ2) is 7.00. The molecule has 1 saturated carbocycles. The summed E-state index contributed by atoms with van der Waals surface area (Å²) in [6, 6.07) is 7.97. The quantitative estimate of drug-likeness (QED) is 0.895. The van der Waals surface area contributed by atoms with Gasteiger partial charge in [-0.3, -0.25) is 4.79 Å². The van der Waals surface area contributed by atoms with Crippen molar-refractivity contribution in [2.45, 2.75) is 32.2 Å². The van der Waals surface area contributed by atoms with E-state index in [4.69, 9.17) is 10.5 Å². The SMILES string of the molecule is COc1ccc(-c2sc(C)nc2C(=O)N2C[C@@H]3CCC[C@@H]3[C@H]2CN)cc1. The largest absolute Gasteiger partial charge is 0.497 e. The molecule has 6 heteroatoms. The van der Waals surface area contributed by atoms with E-state index in [1.54, 1.807) is 18.4 Å². The molecule has 2 heterocycles. The van der Waals surface area contributed by atoms with E-state index in [2.05, 4.69) is 4.98 Å². The predicted octanol–water partition coefficient (Wildman–Crippen LogP) is 3.33. The number of amides is 1. The molecule has 1 amide bonds. The van der Waals surface area contributed by atoms with Crippen molar-refractivity contribution in [2.75, 3.05) is 20.2 Å². The number of aryl methyl sites for hydroxylation is 1. The van der Waals surface area contributed by atoms with E-state index in [1.165, 1.54) is 19.3 Å². The number of fused-ring (bicyclic) bond motifs is 1. The fourth-order valence-electron chi connectivity index (χ4n) is 4.60. The molecule has 0 spiro atoms. The standard InChI is InChI=1S/C20H25N3O2S/c1-12-22-18(19(26-12)13-6-8-15(25-2)9-7-13)20(24)23-11-14-4-3-5-16(14)17(23)10-21/h6-9,14,16-17H,3-5,10-11,21H2,1-2H3/t14-,16-,17+/m0/s1. The van der Waals surface area contributed by atoms with Gasteiger partial charge >= 0.3 is 0 Å². The molecule has 1 aromatic carbocycles. The molecule has 1 aliphatic heterocycles. The molecule has 0 unspecified atom stereocenters. The fraction of sp³-hybridized carbons (Fsp3) is 0.500. The number of ether oxygens (including phenoxy) is 1. The van der Waals surface area contributed by atoms with Crippen molar-refractivity contribution in [3.63, 3.8) is 0 Å². The number of rotatable bonds is 4. The maximum absolute atomic E-state index is 13.4. The molecule has 4 rings (SSSR count). The van der Waals surface area contributed by atoms with Crippen molar-refractivity contribution in [1.82, 2.24) is 9.88 Å². The van der Waals surface area contributed by atoms with Gasteiger partial charge in [0.2, 0.25) is 0 Å². The summed E-state index contributed by atoms with van der Waals surface area (Å²) in [5.74, 6) is 2.01. The Morgan fingerprint density at radius 1 is 1.35 bits per heavy atom. The van der Waals surface area contributed by atoms with Gasteiger partial charge < -0.3 is 15.4 Å². The minimum atomic E-state index is 0.0324. The van der Waals surface area contributed by atoms with Crippen LogP contribution in [-0.4, -0.2) is 42.0 Å². The van der Waals surface area contributed by atoms with Crippen molar-refractivity contribution in [3.8, 4) is 16.2 Å². The normalized spacial score (nSPS) is 24.7. The summed E-state index contributed by atoms with van der Waals surface area (Å²) in [6.07, 6.45) is 3.67. The van der Waals surface area contributed by atoms with Crippen LogP contribution in [0.25, 0.3) is 10.4 Å². The highest BCUT2D eigenvalue weighted by Crippen LogP contribution is 2.43. The Balaban J connectivity index is 1.66. The smallest absolute Gasteiger partial charge is 0.274 e. The van der Waals surface area contributed by atoms with Crippen molar-refractivity contribution < 1.29 is 9.53 Å². The van der Waals surface area contributed by atoms with Gasteiger partial charge in [-0.15, -0.1) is 11.3 Å². The van der Waals surface area contributed by atoms with Crippen LogP contribution >= 0.6 is 11.3 Å². The number of thiazole rings is 1. The maximum Gasteiger partial charge on any atom is 0.274 e. The van der Waals surface area contributed by atoms with Crippen LogP contribution in [0.3, 0.4) is 0 Å². The lowest BCUT2D eigenvalue weighted by Gasteiger charge is -2.26. The van der Waals surface area contributed by atoms with Crippen LogP contribution in [0.1, 0.15) is 34.8 Å². The highest BCUT2D eigenvalue weighted by Gasteiger charge is 2.46. The van der Waals surface area contributed by atoms with Gasteiger partial charge in [0.15, 0.2) is 0 Å². The van der Waals surface area contributed by atoms with Crippen molar-refractivity contribution in [1.29, 1.82) is 0 Å². The molecule has 0 radical (unpaired) electrons. The van der Waals surface area contributed by atoms with E-state index in [0.29, 0.717) is 24.1 Å². The molecule has 1 saturated heterocycles. The van der Waals surface area contributed by atoms with Gasteiger partial charge in [-0.2, -0.15) is 0 Å². The van der Waals surface area contributed by atoms with Crippen LogP contribution in [-0.2, 0) is 0 Å². The Morgan fingerprint density at radius 3 is 2.81 bits per heavy atom. The second-order valence-electron chi connectivity index (χ2n) is 7.25. The average molecular weight is 372 g/mol. The summed E-state index contributed by atoms with van der Waals surface area (Å²) in [4.78, 5) is 20.9. The van der Waals surface area contributed by atoms with Crippen molar-refractivity contribution >= 4 is 17.2 Å². The Bertz CT molecular complexity index is 802. The van der Waals surface area contributed by atoms with Gasteiger partial charge in [0, 0.05) is 19.1 Å². The lowest BCUT2D eigenvalue weighted by atomic mass is 9.94. The van der Waals surface area contributed by atoms with Crippen LogP contribution in [0.15, 0.2) is 24.3 Å². The highest BCUT2D eigenvalue weighted by atomic mass is 32.1. The molecule has 5 nitrogen and oxygen atoms in total. The summed E-state index contributed by atoms with van der Waals surface area (Å²) in [5, 5.41) is 0.905. The van der Waals surface area contributed by atoms with E-state index in [-0.39, 0.29) is 11.9 Å². The molecule has 2 aliphatic rings. The monoisotopic (exact) mass is 371 g/mol. The van der Waals surface area contributed by atoms with Gasteiger partial charge in [-0.1, -0.05) is 6.42 Å². The van der Waals surface area contributed by atoms with Crippen LogP contribution < -0.4 is 10.5 Å². The number of benzene rings is 1. The van der Waals surface area contributed by atoms with Crippen molar-refractivity contribution in [2.24, 2.45) is 17.6 Å². The average Bonchev–Trinajstić information content (AvgIpc) is 3.34. The van der Waals surface area contributed by atoms with E-state index in [9.17, 15) is 4.79 Å². The molecule has 2 aromatic rings. The van der Waals surface area contributed by atoms with Gasteiger partial charge in [-0.05, 0) is 61.4 Å². The molecular formula is C20H25N3O2S. The zero-order valence-corrected chi connectivity index (χ0v) is 16.1. The van der Waals surface area contributed by atoms with Gasteiger partial charge in [0.05, 0.1) is 17.0 Å². The lowest BCUT2D eigenvalue weighted by molar-refractivity contribution is 0.0714. The number of aromatic nitrogens is 1. The first-order chi connectivity index (χ1) is 12.6. The van der Waals surface area contributed by atoms with E-state index >= 15 is 0 Å². The number of nitrogens with zero attached hydrogens (tertiary/aromatic N) is 2. The number of nitrogens with two attached hydrogens (primary N) is 1. The molecule has 26 heavy (non-hydrogen) atoms. The number of carbonyl (C=O) groups is 1. The molecule has 1 aromatic heterocycles. The van der Waals surface area contributed by atoms with Gasteiger partial charge in [0.25, 0.3) is 5.91 Å². The number of hydrogen-bond acceptors (Lipinski definition) is 5. The van der Waals surface area contributed by atoms with Gasteiger partial charge in [0.1, 0.15) is 11.4 Å². The number of methoxy groups -OCH3 is 1. The van der Waals surface area contributed by atoms with Crippen LogP contribution in [0, 0.1) is 18.8 Å². The second-order valence-corrected chi connectivity index (χ2v) is 8.46. The van der Waals surface area contributed by atoms with E-state index in [1.807, 2.05) is 36.1 Å². The minimum Gasteiger partial charge on any atom is -0.497 e. The van der Waals surface area contributed by atoms with Crippen LogP contribution in [0.2, 0.25) is 0 Å². The van der Waals surface area contributed by atoms with Crippen LogP contribution in [0.5, 0.6) is 5.75 Å². The zero-order chi connectivity index (χ0) is 18.3. The molecule has 2 fully saturated rings. The summed E-state index contributed by atoms with van der Waals surface area (Å²) in [6.45, 7) is 3.31. The van der Waals surface area contributed by atoms with Gasteiger partial charge in [-0.25, -0.2) is 4.98 Å². The number of hydrogen-bond donors (Lipinski definition) is 1. The van der Waals surface area contributed by atoms with Crippen LogP contribution in [0.4, 0.5) is 0 Å². The summed E-state index contributed by atoms with van der Waals surface area (Å²) >= 11 is 1.57.